The fourth-order valence-electron chi connectivity index (χ4n) is 6.27. The number of aryl methyl sites for hydroxylation is 1. The van der Waals surface area contributed by atoms with E-state index in [0.717, 1.165) is 28.1 Å². The van der Waals surface area contributed by atoms with Gasteiger partial charge < -0.3 is 10.6 Å². The Kier molecular flexibility index (Phi) is 4.83. The highest BCUT2D eigenvalue weighted by Gasteiger charge is 2.55. The number of hydrogen-bond acceptors (Lipinski definition) is 7. The van der Waals surface area contributed by atoms with Crippen molar-refractivity contribution in [1.82, 2.24) is 20.4 Å². The summed E-state index contributed by atoms with van der Waals surface area (Å²) in [6.45, 7) is 2.09. The maximum atomic E-state index is 13.9. The van der Waals surface area contributed by atoms with Gasteiger partial charge >= 0.3 is 0 Å². The zero-order valence-electron chi connectivity index (χ0n) is 19.8. The first-order valence-corrected chi connectivity index (χ1v) is 13.8. The maximum absolute atomic E-state index is 13.9. The van der Waals surface area contributed by atoms with Crippen molar-refractivity contribution in [1.29, 1.82) is 0 Å². The van der Waals surface area contributed by atoms with Gasteiger partial charge in [0, 0.05) is 42.0 Å². The lowest BCUT2D eigenvalue weighted by molar-refractivity contribution is -0.121. The standard InChI is InChI=1S/C25H28N6O3S/c1-3-25(17-6-4-5-16(13-17)20-7-10-27-31(20)2)18-15-26-30-22(18)28-19-14-24(29-23(32)21(19)25)8-11-35(33,34)12-9-24/h4-7,10,13,15,22,28H,3,8-9,11-12,14H2,1-2H3,(H,29,32)/t22?,25-/m1/s1. The highest BCUT2D eigenvalue weighted by molar-refractivity contribution is 7.91. The topological polar surface area (TPSA) is 118 Å². The molecule has 4 aliphatic heterocycles. The zero-order chi connectivity index (χ0) is 24.4. The number of rotatable bonds is 3. The minimum atomic E-state index is -3.06. The predicted octanol–water partition coefficient (Wildman–Crippen LogP) is 2.74. The van der Waals surface area contributed by atoms with Gasteiger partial charge in [0.25, 0.3) is 5.91 Å². The lowest BCUT2D eigenvalue weighted by atomic mass is 9.61. The maximum Gasteiger partial charge on any atom is 0.250 e. The van der Waals surface area contributed by atoms with Gasteiger partial charge in [-0.3, -0.25) is 9.48 Å². The van der Waals surface area contributed by atoms with Crippen LogP contribution in [0.1, 0.15) is 38.2 Å². The molecule has 1 aromatic heterocycles. The number of fused-ring (bicyclic) bond motifs is 1. The van der Waals surface area contributed by atoms with E-state index in [-0.39, 0.29) is 23.6 Å². The van der Waals surface area contributed by atoms with Gasteiger partial charge in [-0.25, -0.2) is 8.42 Å². The smallest absolute Gasteiger partial charge is 0.250 e. The van der Waals surface area contributed by atoms with E-state index in [9.17, 15) is 13.2 Å². The summed E-state index contributed by atoms with van der Waals surface area (Å²) in [4.78, 5) is 13.9. The van der Waals surface area contributed by atoms with Crippen molar-refractivity contribution in [2.45, 2.75) is 49.7 Å². The van der Waals surface area contributed by atoms with E-state index in [1.807, 2.05) is 29.9 Å². The molecule has 1 unspecified atom stereocenters. The molecule has 6 rings (SSSR count). The van der Waals surface area contributed by atoms with Gasteiger partial charge in [0.05, 0.1) is 34.4 Å². The number of nitrogens with zero attached hydrogens (tertiary/aromatic N) is 4. The Morgan fingerprint density at radius 2 is 2.00 bits per heavy atom. The van der Waals surface area contributed by atoms with Gasteiger partial charge in [0.2, 0.25) is 0 Å². The minimum Gasteiger partial charge on any atom is -0.362 e. The highest BCUT2D eigenvalue weighted by Crippen LogP contribution is 2.52. The van der Waals surface area contributed by atoms with E-state index in [4.69, 9.17) is 0 Å². The molecule has 0 aliphatic carbocycles. The van der Waals surface area contributed by atoms with Crippen molar-refractivity contribution in [3.63, 3.8) is 0 Å². The molecule has 4 aliphatic rings. The fraction of sp³-hybridized carbons (Fsp3) is 0.440. The van der Waals surface area contributed by atoms with Crippen LogP contribution in [0.2, 0.25) is 0 Å². The lowest BCUT2D eigenvalue weighted by Gasteiger charge is -2.50. The molecule has 2 atom stereocenters. The van der Waals surface area contributed by atoms with E-state index in [1.54, 1.807) is 12.4 Å². The molecular weight excluding hydrogens is 464 g/mol. The van der Waals surface area contributed by atoms with Crippen molar-refractivity contribution in [3.8, 4) is 11.3 Å². The van der Waals surface area contributed by atoms with Crippen molar-refractivity contribution in [2.75, 3.05) is 11.5 Å². The Bertz CT molecular complexity index is 1420. The van der Waals surface area contributed by atoms with E-state index < -0.39 is 20.8 Å². The Morgan fingerprint density at radius 1 is 1.20 bits per heavy atom. The van der Waals surface area contributed by atoms with Crippen molar-refractivity contribution in [2.24, 2.45) is 17.3 Å². The number of hydrogen-bond donors (Lipinski definition) is 2. The molecule has 2 aromatic rings. The summed E-state index contributed by atoms with van der Waals surface area (Å²) in [6.07, 6.45) is 5.27. The van der Waals surface area contributed by atoms with Crippen LogP contribution in [-0.2, 0) is 27.1 Å². The van der Waals surface area contributed by atoms with Crippen LogP contribution in [-0.4, -0.2) is 47.3 Å². The average molecular weight is 493 g/mol. The number of nitrogens with one attached hydrogen (secondary N) is 2. The molecule has 10 heteroatoms. The zero-order valence-corrected chi connectivity index (χ0v) is 20.6. The van der Waals surface area contributed by atoms with Gasteiger partial charge in [-0.1, -0.05) is 25.1 Å². The number of sulfone groups is 1. The molecule has 2 N–H and O–H groups in total. The first kappa shape index (κ1) is 22.2. The quantitative estimate of drug-likeness (QED) is 0.683. The van der Waals surface area contributed by atoms with Crippen molar-refractivity contribution in [3.05, 3.63) is 65.1 Å². The molecular formula is C25H28N6O3S. The molecule has 0 saturated carbocycles. The highest BCUT2D eigenvalue weighted by atomic mass is 32.2. The number of azo groups is 1. The third-order valence-electron chi connectivity index (χ3n) is 8.11. The fourth-order valence-corrected chi connectivity index (χ4v) is 7.88. The summed E-state index contributed by atoms with van der Waals surface area (Å²) in [6, 6.07) is 10.2. The summed E-state index contributed by atoms with van der Waals surface area (Å²) in [5.41, 5.74) is 4.26. The van der Waals surface area contributed by atoms with Gasteiger partial charge in [-0.15, -0.1) is 0 Å². The number of carbonyl (C=O) groups is 1. The molecule has 9 nitrogen and oxygen atoms in total. The molecule has 1 amide bonds. The number of benzene rings is 1. The third kappa shape index (κ3) is 3.30. The predicted molar refractivity (Wildman–Crippen MR) is 131 cm³/mol. The second kappa shape index (κ2) is 7.61. The Labute approximate surface area is 204 Å². The molecule has 0 bridgehead atoms. The Hall–Kier alpha value is -3.27. The summed E-state index contributed by atoms with van der Waals surface area (Å²) in [5.74, 6) is 0.0446. The molecule has 35 heavy (non-hydrogen) atoms. The lowest BCUT2D eigenvalue weighted by Crippen LogP contribution is -2.62. The molecule has 0 radical (unpaired) electrons. The van der Waals surface area contributed by atoms with Crippen LogP contribution in [0.5, 0.6) is 0 Å². The first-order chi connectivity index (χ1) is 16.8. The van der Waals surface area contributed by atoms with Gasteiger partial charge in [-0.2, -0.15) is 15.3 Å². The normalized spacial score (nSPS) is 28.2. The van der Waals surface area contributed by atoms with E-state index >= 15 is 0 Å². The molecule has 182 valence electrons. The Morgan fingerprint density at radius 3 is 2.71 bits per heavy atom. The summed E-state index contributed by atoms with van der Waals surface area (Å²) in [7, 11) is -1.15. The Balaban J connectivity index is 1.51. The average Bonchev–Trinajstić information content (AvgIpc) is 3.49. The van der Waals surface area contributed by atoms with Crippen LogP contribution >= 0.6 is 0 Å². The molecule has 1 aromatic carbocycles. The molecule has 5 heterocycles. The summed E-state index contributed by atoms with van der Waals surface area (Å²) >= 11 is 0. The second-order valence-electron chi connectivity index (χ2n) is 9.96. The van der Waals surface area contributed by atoms with E-state index in [0.29, 0.717) is 31.3 Å². The number of amides is 1. The van der Waals surface area contributed by atoms with Gasteiger partial charge in [0.1, 0.15) is 9.84 Å². The molecule has 1 fully saturated rings. The second-order valence-corrected chi connectivity index (χ2v) is 12.3. The van der Waals surface area contributed by atoms with Crippen LogP contribution in [0.4, 0.5) is 0 Å². The monoisotopic (exact) mass is 492 g/mol. The number of carbonyl (C=O) groups excluding carboxylic acids is 1. The van der Waals surface area contributed by atoms with Crippen molar-refractivity contribution < 1.29 is 13.2 Å². The van der Waals surface area contributed by atoms with Crippen LogP contribution in [0.15, 0.2) is 69.8 Å². The first-order valence-electron chi connectivity index (χ1n) is 12.0. The van der Waals surface area contributed by atoms with Crippen LogP contribution in [0.3, 0.4) is 0 Å². The van der Waals surface area contributed by atoms with Gasteiger partial charge in [0.15, 0.2) is 6.17 Å². The van der Waals surface area contributed by atoms with E-state index in [2.05, 4.69) is 45.0 Å². The SMILES string of the molecule is CC[C@@]1(c2cccc(-c3ccnn3C)c2)C2=CN=NC2NC2=C1C(=O)NC1(CCS(=O)(=O)CC1)C2. The van der Waals surface area contributed by atoms with Crippen LogP contribution < -0.4 is 10.6 Å². The summed E-state index contributed by atoms with van der Waals surface area (Å²) in [5, 5.41) is 19.7. The van der Waals surface area contributed by atoms with Crippen LogP contribution in [0.25, 0.3) is 11.3 Å². The van der Waals surface area contributed by atoms with E-state index in [1.165, 1.54) is 0 Å². The van der Waals surface area contributed by atoms with Crippen LogP contribution in [0, 0.1) is 0 Å². The van der Waals surface area contributed by atoms with Crippen molar-refractivity contribution >= 4 is 15.7 Å². The molecule has 1 spiro atoms. The summed E-state index contributed by atoms with van der Waals surface area (Å²) < 4.78 is 26.0. The third-order valence-corrected chi connectivity index (χ3v) is 9.76. The largest absolute Gasteiger partial charge is 0.362 e. The van der Waals surface area contributed by atoms with Gasteiger partial charge in [-0.05, 0) is 37.0 Å². The number of aromatic nitrogens is 2. The molecule has 1 saturated heterocycles. The minimum absolute atomic E-state index is 0.0931.